The maximum atomic E-state index is 10.9. The van der Waals surface area contributed by atoms with Crippen LogP contribution in [0.3, 0.4) is 0 Å². The first-order chi connectivity index (χ1) is 13.9. The number of phosphoric acid groups is 1. The number of rotatable bonds is 17. The quantitative estimate of drug-likeness (QED) is 0.117. The molecule has 0 saturated heterocycles. The average Bonchev–Trinajstić information content (AvgIpc) is 2.60. The molecule has 0 aromatic rings. The Hall–Kier alpha value is -0.503. The van der Waals surface area contributed by atoms with Crippen LogP contribution >= 0.6 is 7.82 Å². The van der Waals surface area contributed by atoms with Crippen LogP contribution in [0.5, 0.6) is 0 Å². The van der Waals surface area contributed by atoms with Gasteiger partial charge >= 0.3 is 13.8 Å². The number of unbranched alkanes of at least 4 members (excludes halogenated alkanes) is 9. The summed E-state index contributed by atoms with van der Waals surface area (Å²) in [5.74, 6) is -0.265. The predicted octanol–water partition coefficient (Wildman–Crippen LogP) is 5.97. The molecule has 0 aromatic heterocycles. The molecule has 9 heteroatoms. The molecule has 0 bridgehead atoms. The lowest BCUT2D eigenvalue weighted by atomic mass is 10.1. The minimum Gasteiger partial charge on any atom is -0.517 e. The minimum atomic E-state index is -4.33. The lowest BCUT2D eigenvalue weighted by Gasteiger charge is -2.16. The van der Waals surface area contributed by atoms with E-state index in [4.69, 9.17) is 18.9 Å². The molecule has 30 heavy (non-hydrogen) atoms. The van der Waals surface area contributed by atoms with Gasteiger partial charge in [-0.1, -0.05) is 71.3 Å². The van der Waals surface area contributed by atoms with Gasteiger partial charge in [0.25, 0.3) is 0 Å². The molecule has 180 valence electrons. The molecule has 2 N–H and O–H groups in total. The molecular formula is C21H45O7PSi. The van der Waals surface area contributed by atoms with Crippen molar-refractivity contribution in [1.29, 1.82) is 0 Å². The van der Waals surface area contributed by atoms with Crippen LogP contribution in [0.15, 0.2) is 12.2 Å². The van der Waals surface area contributed by atoms with Crippen LogP contribution in [0.1, 0.15) is 78.1 Å². The molecule has 0 aromatic carbocycles. The highest BCUT2D eigenvalue weighted by Crippen LogP contribution is 2.35. The van der Waals surface area contributed by atoms with Gasteiger partial charge in [0, 0.05) is 12.2 Å². The predicted molar refractivity (Wildman–Crippen MR) is 125 cm³/mol. The van der Waals surface area contributed by atoms with Gasteiger partial charge in [-0.05, 0) is 33.0 Å². The van der Waals surface area contributed by atoms with Crippen LogP contribution in [0.2, 0.25) is 19.6 Å². The number of phosphoric ester groups is 1. The van der Waals surface area contributed by atoms with Crippen LogP contribution in [-0.2, 0) is 23.0 Å². The van der Waals surface area contributed by atoms with E-state index >= 15 is 0 Å². The second-order valence-corrected chi connectivity index (χ2v) is 14.1. The zero-order valence-electron chi connectivity index (χ0n) is 19.8. The van der Waals surface area contributed by atoms with Gasteiger partial charge in [0.15, 0.2) is 0 Å². The van der Waals surface area contributed by atoms with Crippen molar-refractivity contribution < 1.29 is 32.8 Å². The maximum absolute atomic E-state index is 10.9. The van der Waals surface area contributed by atoms with Gasteiger partial charge in [-0.15, -0.1) is 0 Å². The molecule has 0 aliphatic carbocycles. The molecule has 0 spiro atoms. The zero-order chi connectivity index (χ0) is 23.5. The summed E-state index contributed by atoms with van der Waals surface area (Å²) in [6, 6.07) is 0. The summed E-state index contributed by atoms with van der Waals surface area (Å²) < 4.78 is 25.0. The van der Waals surface area contributed by atoms with Gasteiger partial charge in [-0.3, -0.25) is 4.52 Å². The SMILES string of the molecule is C=C(C)C(=O)O[Si](C)(C)C.CCCCCCCCCCCCOCCOP(=O)(O)O. The Morgan fingerprint density at radius 1 is 0.867 bits per heavy atom. The number of carbonyl (C=O) groups is 1. The number of hydrogen-bond acceptors (Lipinski definition) is 5. The van der Waals surface area contributed by atoms with E-state index in [0.29, 0.717) is 12.2 Å². The highest BCUT2D eigenvalue weighted by Gasteiger charge is 2.19. The number of hydrogen-bond donors (Lipinski definition) is 2. The van der Waals surface area contributed by atoms with E-state index in [1.54, 1.807) is 6.92 Å². The molecular weight excluding hydrogens is 423 g/mol. The minimum absolute atomic E-state index is 0.0535. The number of carbonyl (C=O) groups excluding carboxylic acids is 1. The van der Waals surface area contributed by atoms with Crippen molar-refractivity contribution in [3.63, 3.8) is 0 Å². The summed E-state index contributed by atoms with van der Waals surface area (Å²) in [5.41, 5.74) is 0.474. The third-order valence-electron chi connectivity index (χ3n) is 3.88. The van der Waals surface area contributed by atoms with E-state index in [0.717, 1.165) is 12.8 Å². The second kappa shape index (κ2) is 19.2. The first kappa shape index (κ1) is 31.7. The van der Waals surface area contributed by atoms with Crippen molar-refractivity contribution in [3.05, 3.63) is 12.2 Å². The fraction of sp³-hybridized carbons (Fsp3) is 0.857. The normalized spacial score (nSPS) is 11.6. The molecule has 0 heterocycles. The van der Waals surface area contributed by atoms with Crippen LogP contribution in [-0.4, -0.2) is 43.9 Å². The summed E-state index contributed by atoms with van der Waals surface area (Å²) in [5, 5.41) is 0. The van der Waals surface area contributed by atoms with Gasteiger partial charge in [-0.2, -0.15) is 0 Å². The second-order valence-electron chi connectivity index (χ2n) is 8.40. The molecule has 0 saturated carbocycles. The summed E-state index contributed by atoms with van der Waals surface area (Å²) >= 11 is 0. The van der Waals surface area contributed by atoms with Crippen LogP contribution in [0.25, 0.3) is 0 Å². The lowest BCUT2D eigenvalue weighted by molar-refractivity contribution is -0.130. The van der Waals surface area contributed by atoms with Crippen molar-refractivity contribution >= 4 is 22.1 Å². The Labute approximate surface area is 184 Å². The molecule has 0 rings (SSSR count). The zero-order valence-corrected chi connectivity index (χ0v) is 21.7. The summed E-state index contributed by atoms with van der Waals surface area (Å²) in [6.07, 6.45) is 12.8. The Kier molecular flexibility index (Phi) is 20.3. The van der Waals surface area contributed by atoms with E-state index < -0.39 is 16.1 Å². The summed E-state index contributed by atoms with van der Waals surface area (Å²) in [7, 11) is -6.02. The number of ether oxygens (including phenoxy) is 1. The molecule has 0 unspecified atom stereocenters. The van der Waals surface area contributed by atoms with E-state index in [-0.39, 0.29) is 19.2 Å². The van der Waals surface area contributed by atoms with Gasteiger partial charge < -0.3 is 18.9 Å². The van der Waals surface area contributed by atoms with Crippen molar-refractivity contribution in [2.75, 3.05) is 19.8 Å². The topological polar surface area (TPSA) is 102 Å². The van der Waals surface area contributed by atoms with Crippen molar-refractivity contribution in [2.45, 2.75) is 97.7 Å². The molecule has 0 aliphatic rings. The molecule has 0 radical (unpaired) electrons. The van der Waals surface area contributed by atoms with Gasteiger partial charge in [0.2, 0.25) is 8.32 Å². The van der Waals surface area contributed by atoms with Crippen LogP contribution in [0.4, 0.5) is 0 Å². The Balaban J connectivity index is 0. The fourth-order valence-corrected chi connectivity index (χ4v) is 3.42. The van der Waals surface area contributed by atoms with Gasteiger partial charge in [0.1, 0.15) is 0 Å². The fourth-order valence-electron chi connectivity index (χ4n) is 2.37. The first-order valence-corrected chi connectivity index (χ1v) is 16.0. The largest absolute Gasteiger partial charge is 0.517 e. The highest BCUT2D eigenvalue weighted by atomic mass is 31.2. The highest BCUT2D eigenvalue weighted by molar-refractivity contribution is 7.46. The summed E-state index contributed by atoms with van der Waals surface area (Å²) in [4.78, 5) is 27.8. The van der Waals surface area contributed by atoms with Crippen LogP contribution < -0.4 is 0 Å². The van der Waals surface area contributed by atoms with E-state index in [9.17, 15) is 9.36 Å². The molecule has 0 aliphatic heterocycles. The third-order valence-corrected chi connectivity index (χ3v) is 5.19. The van der Waals surface area contributed by atoms with Gasteiger partial charge in [-0.25, -0.2) is 9.36 Å². The van der Waals surface area contributed by atoms with Crippen molar-refractivity contribution in [1.82, 2.24) is 0 Å². The Morgan fingerprint density at radius 2 is 1.33 bits per heavy atom. The van der Waals surface area contributed by atoms with Crippen LogP contribution in [0, 0.1) is 0 Å². The van der Waals surface area contributed by atoms with Crippen molar-refractivity contribution in [3.8, 4) is 0 Å². The van der Waals surface area contributed by atoms with E-state index in [2.05, 4.69) is 18.0 Å². The smallest absolute Gasteiger partial charge is 0.469 e. The molecule has 0 fully saturated rings. The lowest BCUT2D eigenvalue weighted by Crippen LogP contribution is -2.29. The monoisotopic (exact) mass is 468 g/mol. The molecule has 0 amide bonds. The first-order valence-electron chi connectivity index (χ1n) is 11.1. The summed E-state index contributed by atoms with van der Waals surface area (Å²) in [6.45, 7) is 14.1. The molecule has 7 nitrogen and oxygen atoms in total. The third kappa shape index (κ3) is 29.7. The average molecular weight is 469 g/mol. The standard InChI is InChI=1S/C14H31O5P.C7H14O2Si/c1-2-3-4-5-6-7-8-9-10-11-12-18-13-14-19-20(15,16)17;1-6(2)7(8)9-10(3,4)5/h2-14H2,1H3,(H2,15,16,17);1H2,2-5H3. The van der Waals surface area contributed by atoms with E-state index in [1.165, 1.54) is 51.4 Å². The van der Waals surface area contributed by atoms with Crippen molar-refractivity contribution in [2.24, 2.45) is 0 Å². The maximum Gasteiger partial charge on any atom is 0.469 e. The Bertz CT molecular complexity index is 486. The Morgan fingerprint density at radius 3 is 1.70 bits per heavy atom. The molecule has 0 atom stereocenters. The van der Waals surface area contributed by atoms with E-state index in [1.807, 2.05) is 19.6 Å². The van der Waals surface area contributed by atoms with Gasteiger partial charge in [0.05, 0.1) is 13.2 Å².